The van der Waals surface area contributed by atoms with E-state index < -0.39 is 0 Å². The van der Waals surface area contributed by atoms with Gasteiger partial charge in [0.15, 0.2) is 0 Å². The second-order valence-electron chi connectivity index (χ2n) is 4.66. The van der Waals surface area contributed by atoms with Gasteiger partial charge in [-0.1, -0.05) is 48.9 Å². The van der Waals surface area contributed by atoms with Crippen molar-refractivity contribution in [3.8, 4) is 0 Å². The number of pyridine rings is 1. The number of amides is 1. The zero-order valence-corrected chi connectivity index (χ0v) is 11.6. The monoisotopic (exact) mass is 286 g/mol. The number of carbonyl (C=O) groups excluding carboxylic acids is 1. The van der Waals surface area contributed by atoms with E-state index in [9.17, 15) is 4.79 Å². The second kappa shape index (κ2) is 6.39. The van der Waals surface area contributed by atoms with Crippen LogP contribution in [-0.4, -0.2) is 17.4 Å². The third-order valence-corrected chi connectivity index (χ3v) is 3.86. The summed E-state index contributed by atoms with van der Waals surface area (Å²) in [6.07, 6.45) is 6.24. The summed E-state index contributed by atoms with van der Waals surface area (Å²) in [4.78, 5) is 15.8. The average Bonchev–Trinajstić information content (AvgIpc) is 2.85. The molecule has 0 aromatic carbocycles. The Hall–Kier alpha value is -0.800. The maximum absolute atomic E-state index is 11.9. The number of aromatic nitrogens is 1. The first-order valence-corrected chi connectivity index (χ1v) is 7.02. The van der Waals surface area contributed by atoms with Crippen molar-refractivity contribution in [2.75, 3.05) is 6.54 Å². The Bertz CT molecular complexity index is 431. The van der Waals surface area contributed by atoms with E-state index in [2.05, 4.69) is 10.3 Å². The molecule has 1 amide bonds. The van der Waals surface area contributed by atoms with Crippen LogP contribution >= 0.6 is 23.2 Å². The molecule has 1 aromatic heterocycles. The van der Waals surface area contributed by atoms with Gasteiger partial charge in [0, 0.05) is 6.54 Å². The second-order valence-corrected chi connectivity index (χ2v) is 5.45. The molecular formula is C13H16Cl2N2O. The fourth-order valence-electron chi connectivity index (χ4n) is 2.35. The first-order chi connectivity index (χ1) is 8.66. The molecule has 0 atom stereocenters. The van der Waals surface area contributed by atoms with E-state index in [0.29, 0.717) is 11.6 Å². The molecule has 1 aliphatic rings. The molecule has 0 radical (unpaired) electrons. The summed E-state index contributed by atoms with van der Waals surface area (Å²) < 4.78 is 0. The fraction of sp³-hybridized carbons (Fsp3) is 0.538. The van der Waals surface area contributed by atoms with E-state index in [1.165, 1.54) is 25.7 Å². The first kappa shape index (κ1) is 13.6. The van der Waals surface area contributed by atoms with Crippen molar-refractivity contribution in [1.29, 1.82) is 0 Å². The number of rotatable bonds is 4. The summed E-state index contributed by atoms with van der Waals surface area (Å²) >= 11 is 11.7. The molecule has 3 nitrogen and oxygen atoms in total. The molecule has 1 heterocycles. The van der Waals surface area contributed by atoms with Crippen LogP contribution in [0.5, 0.6) is 0 Å². The highest BCUT2D eigenvalue weighted by molar-refractivity contribution is 6.34. The highest BCUT2D eigenvalue weighted by Crippen LogP contribution is 2.27. The lowest BCUT2D eigenvalue weighted by atomic mass is 10.0. The van der Waals surface area contributed by atoms with Gasteiger partial charge in [-0.2, -0.15) is 0 Å². The van der Waals surface area contributed by atoms with Gasteiger partial charge in [-0.15, -0.1) is 0 Å². The Morgan fingerprint density at radius 2 is 2.06 bits per heavy atom. The molecule has 1 aliphatic carbocycles. The summed E-state index contributed by atoms with van der Waals surface area (Å²) in [5.41, 5.74) is 0.204. The maximum Gasteiger partial charge on any atom is 0.271 e. The minimum absolute atomic E-state index is 0.204. The van der Waals surface area contributed by atoms with Crippen molar-refractivity contribution < 1.29 is 4.79 Å². The number of hydrogen-bond acceptors (Lipinski definition) is 2. The van der Waals surface area contributed by atoms with Crippen molar-refractivity contribution in [3.05, 3.63) is 28.0 Å². The lowest BCUT2D eigenvalue weighted by Gasteiger charge is -2.10. The molecule has 0 aliphatic heterocycles. The van der Waals surface area contributed by atoms with Crippen LogP contribution in [0.1, 0.15) is 42.6 Å². The van der Waals surface area contributed by atoms with E-state index in [1.807, 2.05) is 0 Å². The molecule has 0 spiro atoms. The van der Waals surface area contributed by atoms with E-state index >= 15 is 0 Å². The highest BCUT2D eigenvalue weighted by Gasteiger charge is 2.16. The van der Waals surface area contributed by atoms with Crippen LogP contribution < -0.4 is 5.32 Å². The third kappa shape index (κ3) is 3.59. The molecule has 1 N–H and O–H groups in total. The van der Waals surface area contributed by atoms with Gasteiger partial charge in [-0.3, -0.25) is 4.79 Å². The molecule has 2 rings (SSSR count). The molecule has 18 heavy (non-hydrogen) atoms. The summed E-state index contributed by atoms with van der Waals surface area (Å²) in [7, 11) is 0. The van der Waals surface area contributed by atoms with E-state index in [4.69, 9.17) is 23.2 Å². The molecular weight excluding hydrogens is 271 g/mol. The van der Waals surface area contributed by atoms with Gasteiger partial charge in [-0.05, 0) is 24.5 Å². The molecule has 0 saturated heterocycles. The van der Waals surface area contributed by atoms with Crippen molar-refractivity contribution in [2.45, 2.75) is 32.1 Å². The van der Waals surface area contributed by atoms with Gasteiger partial charge in [0.2, 0.25) is 0 Å². The number of carbonyl (C=O) groups is 1. The van der Waals surface area contributed by atoms with Gasteiger partial charge in [-0.25, -0.2) is 4.98 Å². The number of nitrogens with one attached hydrogen (secondary N) is 1. The molecule has 1 saturated carbocycles. The number of halogens is 2. The topological polar surface area (TPSA) is 42.0 Å². The van der Waals surface area contributed by atoms with Crippen molar-refractivity contribution in [1.82, 2.24) is 10.3 Å². The fourth-order valence-corrected chi connectivity index (χ4v) is 2.69. The van der Waals surface area contributed by atoms with Crippen LogP contribution in [0.2, 0.25) is 10.2 Å². The van der Waals surface area contributed by atoms with E-state index in [-0.39, 0.29) is 16.8 Å². The third-order valence-electron chi connectivity index (χ3n) is 3.34. The predicted octanol–water partition coefficient (Wildman–Crippen LogP) is 3.70. The van der Waals surface area contributed by atoms with Gasteiger partial charge < -0.3 is 5.32 Å². The highest BCUT2D eigenvalue weighted by atomic mass is 35.5. The van der Waals surface area contributed by atoms with Crippen molar-refractivity contribution in [3.63, 3.8) is 0 Å². The van der Waals surface area contributed by atoms with Crippen molar-refractivity contribution in [2.24, 2.45) is 5.92 Å². The Morgan fingerprint density at radius 1 is 1.33 bits per heavy atom. The normalized spacial score (nSPS) is 15.9. The zero-order valence-electron chi connectivity index (χ0n) is 10.1. The SMILES string of the molecule is O=C(NCCC1CCCC1)c1nc(Cl)ccc1Cl. The van der Waals surface area contributed by atoms with Crippen LogP contribution in [0.4, 0.5) is 0 Å². The first-order valence-electron chi connectivity index (χ1n) is 6.27. The minimum Gasteiger partial charge on any atom is -0.351 e. The Balaban J connectivity index is 1.85. The average molecular weight is 287 g/mol. The lowest BCUT2D eigenvalue weighted by Crippen LogP contribution is -2.26. The number of nitrogens with zero attached hydrogens (tertiary/aromatic N) is 1. The van der Waals surface area contributed by atoms with Crippen molar-refractivity contribution >= 4 is 29.1 Å². The summed E-state index contributed by atoms with van der Waals surface area (Å²) in [6, 6.07) is 3.15. The predicted molar refractivity (Wildman–Crippen MR) is 73.2 cm³/mol. The quantitative estimate of drug-likeness (QED) is 0.858. The van der Waals surface area contributed by atoms with Gasteiger partial charge >= 0.3 is 0 Å². The molecule has 98 valence electrons. The van der Waals surface area contributed by atoms with Crippen LogP contribution in [0.25, 0.3) is 0 Å². The zero-order chi connectivity index (χ0) is 13.0. The largest absolute Gasteiger partial charge is 0.351 e. The maximum atomic E-state index is 11.9. The Kier molecular flexibility index (Phi) is 4.84. The summed E-state index contributed by atoms with van der Waals surface area (Å²) in [6.45, 7) is 0.675. The Labute approximate surface area is 117 Å². The molecule has 0 bridgehead atoms. The van der Waals surface area contributed by atoms with Gasteiger partial charge in [0.1, 0.15) is 10.8 Å². The standard InChI is InChI=1S/C13H16Cl2N2O/c14-10-5-6-11(15)17-12(10)13(18)16-8-7-9-3-1-2-4-9/h5-6,9H,1-4,7-8H2,(H,16,18). The summed E-state index contributed by atoms with van der Waals surface area (Å²) in [5, 5.41) is 3.46. The smallest absolute Gasteiger partial charge is 0.271 e. The van der Waals surface area contributed by atoms with Gasteiger partial charge in [0.25, 0.3) is 5.91 Å². The molecule has 0 unspecified atom stereocenters. The molecule has 1 aromatic rings. The molecule has 1 fully saturated rings. The Morgan fingerprint density at radius 3 is 2.78 bits per heavy atom. The van der Waals surface area contributed by atoms with Crippen LogP contribution in [0.3, 0.4) is 0 Å². The van der Waals surface area contributed by atoms with Crippen LogP contribution in [-0.2, 0) is 0 Å². The van der Waals surface area contributed by atoms with E-state index in [1.54, 1.807) is 12.1 Å². The summed E-state index contributed by atoms with van der Waals surface area (Å²) in [5.74, 6) is 0.508. The van der Waals surface area contributed by atoms with Crippen LogP contribution in [0.15, 0.2) is 12.1 Å². The molecule has 5 heteroatoms. The van der Waals surface area contributed by atoms with Gasteiger partial charge in [0.05, 0.1) is 5.02 Å². The van der Waals surface area contributed by atoms with E-state index in [0.717, 1.165) is 12.3 Å². The minimum atomic E-state index is -0.250. The lowest BCUT2D eigenvalue weighted by molar-refractivity contribution is 0.0946. The van der Waals surface area contributed by atoms with Crippen LogP contribution in [0, 0.1) is 5.92 Å². The number of hydrogen-bond donors (Lipinski definition) is 1.